The molecule has 6 heteroatoms. The van der Waals surface area contributed by atoms with E-state index < -0.39 is 0 Å². The van der Waals surface area contributed by atoms with Crippen molar-refractivity contribution in [3.8, 4) is 5.75 Å². The molecule has 1 unspecified atom stereocenters. The van der Waals surface area contributed by atoms with Crippen LogP contribution in [0.25, 0.3) is 0 Å². The lowest BCUT2D eigenvalue weighted by Crippen LogP contribution is -2.30. The van der Waals surface area contributed by atoms with E-state index in [2.05, 4.69) is 15.6 Å². The summed E-state index contributed by atoms with van der Waals surface area (Å²) in [5.41, 5.74) is 4.03. The number of nitrogens with one attached hydrogen (secondary N) is 1. The van der Waals surface area contributed by atoms with Crippen LogP contribution >= 0.6 is 0 Å². The maximum absolute atomic E-state index is 14.1. The highest BCUT2D eigenvalue weighted by molar-refractivity contribution is 5.32. The predicted molar refractivity (Wildman–Crippen MR) is 68.8 cm³/mol. The highest BCUT2D eigenvalue weighted by atomic mass is 19.1. The molecular formula is C13H15FN4O. The maximum Gasteiger partial charge on any atom is 0.168 e. The van der Waals surface area contributed by atoms with Gasteiger partial charge in [0.25, 0.3) is 0 Å². The van der Waals surface area contributed by atoms with E-state index in [-0.39, 0.29) is 17.6 Å². The molecule has 2 aromatic rings. The van der Waals surface area contributed by atoms with E-state index in [0.717, 1.165) is 5.56 Å². The summed E-state index contributed by atoms with van der Waals surface area (Å²) in [5, 5.41) is 7.49. The summed E-state index contributed by atoms with van der Waals surface area (Å²) in [6.07, 6.45) is 3.56. The van der Waals surface area contributed by atoms with Gasteiger partial charge in [0.15, 0.2) is 11.6 Å². The Morgan fingerprint density at radius 1 is 1.37 bits per heavy atom. The summed E-state index contributed by atoms with van der Waals surface area (Å²) in [6.45, 7) is 0. The van der Waals surface area contributed by atoms with Gasteiger partial charge < -0.3 is 4.74 Å². The van der Waals surface area contributed by atoms with E-state index in [4.69, 9.17) is 10.6 Å². The molecule has 0 saturated heterocycles. The maximum atomic E-state index is 14.1. The van der Waals surface area contributed by atoms with Gasteiger partial charge in [-0.2, -0.15) is 10.2 Å². The molecule has 100 valence electrons. The number of nitrogens with zero attached hydrogens (tertiary/aromatic N) is 2. The second-order valence-corrected chi connectivity index (χ2v) is 4.03. The van der Waals surface area contributed by atoms with Crippen molar-refractivity contribution in [1.82, 2.24) is 15.6 Å². The fraction of sp³-hybridized carbons (Fsp3) is 0.231. The molecule has 1 heterocycles. The zero-order valence-corrected chi connectivity index (χ0v) is 10.5. The average Bonchev–Trinajstić information content (AvgIpc) is 2.47. The molecule has 0 aliphatic carbocycles. The summed E-state index contributed by atoms with van der Waals surface area (Å²) < 4.78 is 19.0. The molecule has 1 aromatic carbocycles. The lowest BCUT2D eigenvalue weighted by Gasteiger charge is -2.16. The van der Waals surface area contributed by atoms with Gasteiger partial charge in [-0.25, -0.2) is 4.39 Å². The van der Waals surface area contributed by atoms with Crippen molar-refractivity contribution in [1.29, 1.82) is 0 Å². The minimum Gasteiger partial charge on any atom is -0.494 e. The normalized spacial score (nSPS) is 12.2. The number of ether oxygens (including phenoxy) is 1. The van der Waals surface area contributed by atoms with Crippen molar-refractivity contribution < 1.29 is 9.13 Å². The molecular weight excluding hydrogens is 247 g/mol. The van der Waals surface area contributed by atoms with Gasteiger partial charge in [-0.3, -0.25) is 11.3 Å². The number of methoxy groups -OCH3 is 1. The molecule has 0 saturated carbocycles. The van der Waals surface area contributed by atoms with Gasteiger partial charge in [-0.1, -0.05) is 12.1 Å². The predicted octanol–water partition coefficient (Wildman–Crippen LogP) is 1.37. The van der Waals surface area contributed by atoms with Crippen LogP contribution in [0.1, 0.15) is 17.2 Å². The Balaban J connectivity index is 2.24. The van der Waals surface area contributed by atoms with Crippen LogP contribution in [0.4, 0.5) is 4.39 Å². The van der Waals surface area contributed by atoms with Crippen LogP contribution in [-0.4, -0.2) is 17.3 Å². The van der Waals surface area contributed by atoms with Crippen LogP contribution in [0.15, 0.2) is 36.7 Å². The van der Waals surface area contributed by atoms with Gasteiger partial charge in [0, 0.05) is 6.20 Å². The smallest absolute Gasteiger partial charge is 0.168 e. The van der Waals surface area contributed by atoms with Crippen molar-refractivity contribution in [3.63, 3.8) is 0 Å². The molecule has 5 nitrogen and oxygen atoms in total. The Bertz CT molecular complexity index is 535. The average molecular weight is 262 g/mol. The zero-order valence-electron chi connectivity index (χ0n) is 10.5. The van der Waals surface area contributed by atoms with E-state index in [1.54, 1.807) is 36.7 Å². The molecule has 0 aliphatic heterocycles. The summed E-state index contributed by atoms with van der Waals surface area (Å²) in [4.78, 5) is 0. The summed E-state index contributed by atoms with van der Waals surface area (Å²) >= 11 is 0. The summed E-state index contributed by atoms with van der Waals surface area (Å²) in [6, 6.07) is 6.58. The number of rotatable bonds is 5. The van der Waals surface area contributed by atoms with Crippen LogP contribution in [0.5, 0.6) is 5.75 Å². The minimum atomic E-state index is -0.368. The van der Waals surface area contributed by atoms with E-state index in [9.17, 15) is 4.39 Å². The van der Waals surface area contributed by atoms with E-state index in [0.29, 0.717) is 12.0 Å². The van der Waals surface area contributed by atoms with E-state index in [1.807, 2.05) is 0 Å². The molecule has 3 N–H and O–H groups in total. The molecule has 2 rings (SSSR count). The third kappa shape index (κ3) is 3.04. The van der Waals surface area contributed by atoms with Gasteiger partial charge in [0.05, 0.1) is 19.3 Å². The number of hydrogen-bond acceptors (Lipinski definition) is 5. The van der Waals surface area contributed by atoms with Gasteiger partial charge in [-0.15, -0.1) is 0 Å². The second kappa shape index (κ2) is 6.21. The fourth-order valence-corrected chi connectivity index (χ4v) is 1.87. The number of benzene rings is 1. The first-order valence-corrected chi connectivity index (χ1v) is 5.80. The molecule has 0 radical (unpaired) electrons. The number of halogens is 1. The Labute approximate surface area is 110 Å². The first-order valence-electron chi connectivity index (χ1n) is 5.80. The van der Waals surface area contributed by atoms with Crippen molar-refractivity contribution >= 4 is 0 Å². The van der Waals surface area contributed by atoms with Gasteiger partial charge in [0.1, 0.15) is 0 Å². The van der Waals surface area contributed by atoms with Crippen LogP contribution in [-0.2, 0) is 6.42 Å². The molecule has 0 spiro atoms. The first-order chi connectivity index (χ1) is 9.26. The minimum absolute atomic E-state index is 0.223. The SMILES string of the molecule is COc1cccc(CC(NN)c2ccnnc2)c1F. The largest absolute Gasteiger partial charge is 0.494 e. The monoisotopic (exact) mass is 262 g/mol. The second-order valence-electron chi connectivity index (χ2n) is 4.03. The molecule has 0 fully saturated rings. The molecule has 19 heavy (non-hydrogen) atoms. The first kappa shape index (κ1) is 13.4. The number of hydrogen-bond donors (Lipinski definition) is 2. The quantitative estimate of drug-likeness (QED) is 0.629. The molecule has 1 atom stereocenters. The highest BCUT2D eigenvalue weighted by Crippen LogP contribution is 2.24. The number of nitrogens with two attached hydrogens (primary N) is 1. The lowest BCUT2D eigenvalue weighted by atomic mass is 10.0. The summed E-state index contributed by atoms with van der Waals surface area (Å²) in [7, 11) is 1.44. The third-order valence-electron chi connectivity index (χ3n) is 2.90. The van der Waals surface area contributed by atoms with Crippen LogP contribution in [0.3, 0.4) is 0 Å². The molecule has 0 amide bonds. The third-order valence-corrected chi connectivity index (χ3v) is 2.90. The molecule has 0 bridgehead atoms. The Hall–Kier alpha value is -2.05. The Morgan fingerprint density at radius 2 is 2.21 bits per heavy atom. The number of aromatic nitrogens is 2. The van der Waals surface area contributed by atoms with Crippen LogP contribution in [0, 0.1) is 5.82 Å². The van der Waals surface area contributed by atoms with Crippen molar-refractivity contribution in [2.45, 2.75) is 12.5 Å². The molecule has 1 aromatic heterocycles. The standard InChI is InChI=1S/C13H15FN4O/c1-19-12-4-2-3-9(13(12)14)7-11(18-15)10-5-6-16-17-8-10/h2-6,8,11,18H,7,15H2,1H3. The Kier molecular flexibility index (Phi) is 4.38. The molecule has 0 aliphatic rings. The van der Waals surface area contributed by atoms with E-state index in [1.165, 1.54) is 7.11 Å². The number of hydrazine groups is 1. The summed E-state index contributed by atoms with van der Waals surface area (Å²) in [5.74, 6) is 5.38. The van der Waals surface area contributed by atoms with Gasteiger partial charge in [-0.05, 0) is 29.7 Å². The van der Waals surface area contributed by atoms with Crippen molar-refractivity contribution in [2.75, 3.05) is 7.11 Å². The highest BCUT2D eigenvalue weighted by Gasteiger charge is 2.15. The van der Waals surface area contributed by atoms with Crippen molar-refractivity contribution in [3.05, 3.63) is 53.6 Å². The van der Waals surface area contributed by atoms with Crippen LogP contribution < -0.4 is 16.0 Å². The van der Waals surface area contributed by atoms with Crippen LogP contribution in [0.2, 0.25) is 0 Å². The zero-order chi connectivity index (χ0) is 13.7. The fourth-order valence-electron chi connectivity index (χ4n) is 1.87. The Morgan fingerprint density at radius 3 is 2.84 bits per heavy atom. The van der Waals surface area contributed by atoms with Crippen molar-refractivity contribution in [2.24, 2.45) is 5.84 Å². The van der Waals surface area contributed by atoms with Gasteiger partial charge >= 0.3 is 0 Å². The lowest BCUT2D eigenvalue weighted by molar-refractivity contribution is 0.382. The van der Waals surface area contributed by atoms with Gasteiger partial charge in [0.2, 0.25) is 0 Å². The topological polar surface area (TPSA) is 73.1 Å². The van der Waals surface area contributed by atoms with E-state index >= 15 is 0 Å².